The summed E-state index contributed by atoms with van der Waals surface area (Å²) in [6, 6.07) is 12.3. The predicted molar refractivity (Wildman–Crippen MR) is 92.1 cm³/mol. The van der Waals surface area contributed by atoms with Crippen LogP contribution in [0.15, 0.2) is 53.7 Å². The van der Waals surface area contributed by atoms with Crippen LogP contribution >= 0.6 is 11.8 Å². The first kappa shape index (κ1) is 18.9. The van der Waals surface area contributed by atoms with E-state index in [1.807, 2.05) is 19.1 Å². The van der Waals surface area contributed by atoms with Gasteiger partial charge in [0, 0.05) is 5.56 Å². The fourth-order valence-corrected chi connectivity index (χ4v) is 2.96. The van der Waals surface area contributed by atoms with Crippen LogP contribution in [0.3, 0.4) is 0 Å². The minimum absolute atomic E-state index is 0.0801. The normalized spacial score (nSPS) is 11.4. The minimum Gasteiger partial charge on any atom is -0.406 e. The Hall–Kier alpha value is -2.88. The van der Waals surface area contributed by atoms with Gasteiger partial charge < -0.3 is 4.74 Å². The van der Waals surface area contributed by atoms with Crippen LogP contribution in [0.2, 0.25) is 0 Å². The first-order valence-corrected chi connectivity index (χ1v) is 8.67. The van der Waals surface area contributed by atoms with Crippen LogP contribution in [-0.4, -0.2) is 38.1 Å². The van der Waals surface area contributed by atoms with Gasteiger partial charge in [-0.1, -0.05) is 41.6 Å². The number of benzene rings is 2. The number of thioether (sulfide) groups is 1. The molecular weight excluding hydrogens is 381 g/mol. The van der Waals surface area contributed by atoms with Gasteiger partial charge in [-0.05, 0) is 41.6 Å². The number of ether oxygens (including phenoxy) is 1. The summed E-state index contributed by atoms with van der Waals surface area (Å²) >= 11 is 1.14. The van der Waals surface area contributed by atoms with Crippen molar-refractivity contribution < 1.29 is 22.7 Å². The number of rotatable bonds is 6. The maximum absolute atomic E-state index is 12.3. The summed E-state index contributed by atoms with van der Waals surface area (Å²) in [4.78, 5) is 12.3. The zero-order valence-electron chi connectivity index (χ0n) is 14.0. The number of carbonyl (C=O) groups is 1. The maximum Gasteiger partial charge on any atom is 0.573 e. The smallest absolute Gasteiger partial charge is 0.406 e. The Bertz CT molecular complexity index is 925. The van der Waals surface area contributed by atoms with E-state index in [-0.39, 0.29) is 17.3 Å². The van der Waals surface area contributed by atoms with Crippen molar-refractivity contribution >= 4 is 17.5 Å². The average Bonchev–Trinajstić information content (AvgIpc) is 3.08. The third-order valence-electron chi connectivity index (χ3n) is 3.46. The fraction of sp³-hybridized carbons (Fsp3) is 0.176. The van der Waals surface area contributed by atoms with Gasteiger partial charge in [0.1, 0.15) is 5.75 Å². The monoisotopic (exact) mass is 394 g/mol. The van der Waals surface area contributed by atoms with Crippen molar-refractivity contribution in [3.63, 3.8) is 0 Å². The number of carbonyl (C=O) groups excluding carboxylic acids is 1. The second-order valence-electron chi connectivity index (χ2n) is 5.49. The maximum atomic E-state index is 12.3. The number of ketones is 1. The lowest BCUT2D eigenvalue weighted by Crippen LogP contribution is -2.17. The van der Waals surface area contributed by atoms with Crippen LogP contribution in [0.4, 0.5) is 13.2 Å². The lowest BCUT2D eigenvalue weighted by atomic mass is 10.1. The molecule has 0 atom stereocenters. The van der Waals surface area contributed by atoms with E-state index in [2.05, 4.69) is 20.3 Å². The van der Waals surface area contributed by atoms with Crippen LogP contribution in [0, 0.1) is 6.92 Å². The summed E-state index contributed by atoms with van der Waals surface area (Å²) in [6.45, 7) is 1.93. The van der Waals surface area contributed by atoms with E-state index in [1.54, 1.807) is 12.1 Å². The summed E-state index contributed by atoms with van der Waals surface area (Å²) in [6.07, 6.45) is -4.76. The molecule has 0 saturated carbocycles. The molecule has 0 N–H and O–H groups in total. The number of Topliss-reactive ketones (excluding diaryl/α,β-unsaturated/α-hetero) is 1. The average molecular weight is 394 g/mol. The minimum atomic E-state index is -4.76. The third-order valence-corrected chi connectivity index (χ3v) is 4.38. The Balaban J connectivity index is 1.68. The van der Waals surface area contributed by atoms with Crippen molar-refractivity contribution in [1.29, 1.82) is 0 Å². The zero-order valence-corrected chi connectivity index (χ0v) is 14.8. The fourth-order valence-electron chi connectivity index (χ4n) is 2.17. The SMILES string of the molecule is Cc1ccc(C(=O)CSc2nnnn2-c2ccc(OC(F)(F)F)cc2)cc1. The molecular formula is C17H13F3N4O2S. The molecule has 10 heteroatoms. The third kappa shape index (κ3) is 5.07. The molecule has 2 aromatic carbocycles. The molecule has 1 aromatic heterocycles. The topological polar surface area (TPSA) is 69.9 Å². The van der Waals surface area contributed by atoms with Gasteiger partial charge >= 0.3 is 6.36 Å². The number of halogens is 3. The largest absolute Gasteiger partial charge is 0.573 e. The Morgan fingerprint density at radius 2 is 1.78 bits per heavy atom. The molecule has 3 aromatic rings. The van der Waals surface area contributed by atoms with Crippen LogP contribution in [0.5, 0.6) is 5.75 Å². The first-order chi connectivity index (χ1) is 12.8. The van der Waals surface area contributed by atoms with E-state index in [1.165, 1.54) is 16.8 Å². The van der Waals surface area contributed by atoms with Crippen molar-refractivity contribution in [3.8, 4) is 11.4 Å². The highest BCUT2D eigenvalue weighted by atomic mass is 32.2. The molecule has 0 spiro atoms. The van der Waals surface area contributed by atoms with E-state index < -0.39 is 6.36 Å². The zero-order chi connectivity index (χ0) is 19.4. The van der Waals surface area contributed by atoms with Gasteiger partial charge in [-0.3, -0.25) is 4.79 Å². The second-order valence-corrected chi connectivity index (χ2v) is 6.44. The van der Waals surface area contributed by atoms with Gasteiger partial charge in [-0.25, -0.2) is 0 Å². The van der Waals surface area contributed by atoms with Crippen molar-refractivity contribution in [2.45, 2.75) is 18.4 Å². The Morgan fingerprint density at radius 1 is 1.11 bits per heavy atom. The molecule has 0 aliphatic carbocycles. The quantitative estimate of drug-likeness (QED) is 0.467. The molecule has 140 valence electrons. The first-order valence-electron chi connectivity index (χ1n) is 7.69. The lowest BCUT2D eigenvalue weighted by molar-refractivity contribution is -0.274. The van der Waals surface area contributed by atoms with Gasteiger partial charge in [-0.15, -0.1) is 18.3 Å². The number of hydrogen-bond acceptors (Lipinski definition) is 6. The Morgan fingerprint density at radius 3 is 2.41 bits per heavy atom. The van der Waals surface area contributed by atoms with E-state index in [9.17, 15) is 18.0 Å². The molecule has 0 aliphatic rings. The molecule has 0 unspecified atom stereocenters. The van der Waals surface area contributed by atoms with Crippen molar-refractivity contribution in [3.05, 3.63) is 59.7 Å². The molecule has 27 heavy (non-hydrogen) atoms. The van der Waals surface area contributed by atoms with Crippen LogP contribution in [-0.2, 0) is 0 Å². The van der Waals surface area contributed by atoms with E-state index in [0.29, 0.717) is 16.4 Å². The molecule has 0 amide bonds. The summed E-state index contributed by atoms with van der Waals surface area (Å²) in [5.74, 6) is -0.301. The van der Waals surface area contributed by atoms with E-state index in [4.69, 9.17) is 0 Å². The van der Waals surface area contributed by atoms with Gasteiger partial charge in [0.05, 0.1) is 11.4 Å². The molecule has 0 fully saturated rings. The number of alkyl halides is 3. The van der Waals surface area contributed by atoms with Crippen LogP contribution in [0.25, 0.3) is 5.69 Å². The Kier molecular flexibility index (Phi) is 5.45. The number of aryl methyl sites for hydroxylation is 1. The summed E-state index contributed by atoms with van der Waals surface area (Å²) in [5.41, 5.74) is 2.08. The number of aromatic nitrogens is 4. The summed E-state index contributed by atoms with van der Waals surface area (Å²) in [7, 11) is 0. The summed E-state index contributed by atoms with van der Waals surface area (Å²) in [5, 5.41) is 11.6. The van der Waals surface area contributed by atoms with E-state index in [0.717, 1.165) is 29.5 Å². The number of hydrogen-bond donors (Lipinski definition) is 0. The van der Waals surface area contributed by atoms with Gasteiger partial charge in [0.15, 0.2) is 5.78 Å². The molecule has 6 nitrogen and oxygen atoms in total. The van der Waals surface area contributed by atoms with Gasteiger partial charge in [0.25, 0.3) is 0 Å². The van der Waals surface area contributed by atoms with Crippen molar-refractivity contribution in [2.24, 2.45) is 0 Å². The Labute approximate surface area is 156 Å². The molecule has 3 rings (SSSR count). The van der Waals surface area contributed by atoms with Gasteiger partial charge in [0.2, 0.25) is 5.16 Å². The van der Waals surface area contributed by atoms with Crippen LogP contribution < -0.4 is 4.74 Å². The standard InChI is InChI=1S/C17H13F3N4O2S/c1-11-2-4-12(5-3-11)15(25)10-27-16-21-22-23-24(16)13-6-8-14(9-7-13)26-17(18,19)20/h2-9H,10H2,1H3. The predicted octanol–water partition coefficient (Wildman–Crippen LogP) is 3.84. The lowest BCUT2D eigenvalue weighted by Gasteiger charge is -2.09. The molecule has 0 bridgehead atoms. The van der Waals surface area contributed by atoms with Gasteiger partial charge in [-0.2, -0.15) is 4.68 Å². The highest BCUT2D eigenvalue weighted by molar-refractivity contribution is 7.99. The molecule has 1 heterocycles. The number of nitrogens with zero attached hydrogens (tertiary/aromatic N) is 4. The highest BCUT2D eigenvalue weighted by Gasteiger charge is 2.31. The molecule has 0 saturated heterocycles. The second kappa shape index (κ2) is 7.78. The molecule has 0 aliphatic heterocycles. The summed E-state index contributed by atoms with van der Waals surface area (Å²) < 4.78 is 41.8. The van der Waals surface area contributed by atoms with Crippen LogP contribution in [0.1, 0.15) is 15.9 Å². The van der Waals surface area contributed by atoms with Crippen molar-refractivity contribution in [2.75, 3.05) is 5.75 Å². The highest BCUT2D eigenvalue weighted by Crippen LogP contribution is 2.25. The van der Waals surface area contributed by atoms with E-state index >= 15 is 0 Å². The molecule has 0 radical (unpaired) electrons. The van der Waals surface area contributed by atoms with Crippen molar-refractivity contribution in [1.82, 2.24) is 20.2 Å². The number of tetrazole rings is 1.